The summed E-state index contributed by atoms with van der Waals surface area (Å²) < 4.78 is 5.33. The van der Waals surface area contributed by atoms with Crippen molar-refractivity contribution in [3.05, 3.63) is 52.2 Å². The Kier molecular flexibility index (Phi) is 5.98. The van der Waals surface area contributed by atoms with Crippen LogP contribution < -0.4 is 10.1 Å². The molecule has 1 aromatic carbocycles. The maximum atomic E-state index is 5.33. The summed E-state index contributed by atoms with van der Waals surface area (Å²) in [5, 5.41) is 5.53. The first-order valence-electron chi connectivity index (χ1n) is 7.20. The molecule has 0 spiro atoms. The van der Waals surface area contributed by atoms with Gasteiger partial charge in [0.05, 0.1) is 18.0 Å². The third-order valence-corrected chi connectivity index (χ3v) is 4.42. The molecule has 0 amide bonds. The van der Waals surface area contributed by atoms with Gasteiger partial charge < -0.3 is 15.0 Å². The number of thiophene rings is 1. The van der Waals surface area contributed by atoms with Gasteiger partial charge in [-0.05, 0) is 43.2 Å². The minimum Gasteiger partial charge on any atom is -0.497 e. The van der Waals surface area contributed by atoms with Crippen LogP contribution in [0.4, 0.5) is 0 Å². The Morgan fingerprint density at radius 1 is 1.32 bits per heavy atom. The van der Waals surface area contributed by atoms with Crippen molar-refractivity contribution >= 4 is 17.2 Å². The van der Waals surface area contributed by atoms with E-state index in [0.29, 0.717) is 0 Å². The number of methoxy groups -OCH3 is 1. The van der Waals surface area contributed by atoms with Gasteiger partial charge in [0.25, 0.3) is 0 Å². The lowest BCUT2D eigenvalue weighted by molar-refractivity contribution is 0.298. The second-order valence-electron chi connectivity index (χ2n) is 5.19. The Morgan fingerprint density at radius 2 is 2.14 bits per heavy atom. The second kappa shape index (κ2) is 7.96. The van der Waals surface area contributed by atoms with E-state index in [-0.39, 0.29) is 6.04 Å². The third kappa shape index (κ3) is 4.08. The van der Waals surface area contributed by atoms with Crippen LogP contribution in [0, 0.1) is 0 Å². The van der Waals surface area contributed by atoms with Crippen LogP contribution in [0.5, 0.6) is 5.75 Å². The van der Waals surface area contributed by atoms with E-state index in [9.17, 15) is 0 Å². The molecule has 22 heavy (non-hydrogen) atoms. The lowest BCUT2D eigenvalue weighted by Crippen LogP contribution is -2.34. The van der Waals surface area contributed by atoms with Gasteiger partial charge in [-0.15, -0.1) is 11.3 Å². The topological polar surface area (TPSA) is 36.9 Å². The number of hydrogen-bond donors (Lipinski definition) is 1. The summed E-state index contributed by atoms with van der Waals surface area (Å²) in [6.45, 7) is 0.782. The van der Waals surface area contributed by atoms with Crippen LogP contribution in [0.25, 0.3) is 0 Å². The summed E-state index contributed by atoms with van der Waals surface area (Å²) in [5.41, 5.74) is 1.22. The fourth-order valence-corrected chi connectivity index (χ4v) is 3.07. The van der Waals surface area contributed by atoms with Gasteiger partial charge in [-0.3, -0.25) is 4.99 Å². The number of aliphatic imine (C=N–C) groups is 1. The lowest BCUT2D eigenvalue weighted by Gasteiger charge is -2.26. The smallest absolute Gasteiger partial charge is 0.138 e. The molecule has 1 heterocycles. The van der Waals surface area contributed by atoms with E-state index in [1.807, 2.05) is 25.2 Å². The predicted octanol–water partition coefficient (Wildman–Crippen LogP) is 3.03. The summed E-state index contributed by atoms with van der Waals surface area (Å²) in [7, 11) is 7.68. The molecule has 1 N–H and O–H groups in total. The molecular weight excluding hydrogens is 294 g/mol. The van der Waals surface area contributed by atoms with E-state index in [1.54, 1.807) is 18.4 Å². The first-order valence-corrected chi connectivity index (χ1v) is 8.08. The average molecular weight is 317 g/mol. The van der Waals surface area contributed by atoms with E-state index in [2.05, 4.69) is 52.9 Å². The van der Waals surface area contributed by atoms with E-state index < -0.39 is 0 Å². The maximum Gasteiger partial charge on any atom is 0.138 e. The van der Waals surface area contributed by atoms with Crippen LogP contribution >= 0.6 is 11.3 Å². The van der Waals surface area contributed by atoms with Gasteiger partial charge >= 0.3 is 0 Å². The van der Waals surface area contributed by atoms with Gasteiger partial charge in [0, 0.05) is 13.6 Å². The summed E-state index contributed by atoms with van der Waals surface area (Å²) >= 11 is 1.69. The monoisotopic (exact) mass is 317 g/mol. The number of hydrogen-bond acceptors (Lipinski definition) is 4. The second-order valence-corrected chi connectivity index (χ2v) is 6.13. The normalized spacial score (nSPS) is 13.2. The highest BCUT2D eigenvalue weighted by Gasteiger charge is 2.16. The largest absolute Gasteiger partial charge is 0.497 e. The summed E-state index contributed by atoms with van der Waals surface area (Å²) in [6, 6.07) is 12.6. The van der Waals surface area contributed by atoms with Crippen LogP contribution in [-0.4, -0.2) is 45.5 Å². The molecule has 0 fully saturated rings. The highest BCUT2D eigenvalue weighted by Crippen LogP contribution is 2.22. The van der Waals surface area contributed by atoms with Gasteiger partial charge in [0.1, 0.15) is 11.6 Å². The number of nitrogens with one attached hydrogen (secondary N) is 1. The van der Waals surface area contributed by atoms with E-state index in [4.69, 9.17) is 4.74 Å². The van der Waals surface area contributed by atoms with Gasteiger partial charge in [0.15, 0.2) is 0 Å². The molecule has 0 saturated heterocycles. The van der Waals surface area contributed by atoms with Crippen LogP contribution in [0.2, 0.25) is 0 Å². The van der Waals surface area contributed by atoms with Crippen molar-refractivity contribution in [2.24, 2.45) is 4.99 Å². The van der Waals surface area contributed by atoms with Crippen molar-refractivity contribution in [2.45, 2.75) is 6.04 Å². The van der Waals surface area contributed by atoms with Gasteiger partial charge in [-0.1, -0.05) is 18.2 Å². The molecule has 2 aromatic rings. The first kappa shape index (κ1) is 16.5. The fraction of sp³-hybridized carbons (Fsp3) is 0.353. The highest BCUT2D eigenvalue weighted by atomic mass is 32.1. The molecule has 0 aliphatic carbocycles. The Labute approximate surface area is 136 Å². The summed E-state index contributed by atoms with van der Waals surface area (Å²) in [4.78, 5) is 7.72. The molecule has 0 unspecified atom stereocenters. The molecule has 1 atom stereocenters. The van der Waals surface area contributed by atoms with Crippen molar-refractivity contribution < 1.29 is 4.74 Å². The molecule has 1 aromatic heterocycles. The van der Waals surface area contributed by atoms with Crippen molar-refractivity contribution in [3.8, 4) is 5.75 Å². The molecule has 118 valence electrons. The van der Waals surface area contributed by atoms with Gasteiger partial charge in [-0.25, -0.2) is 0 Å². The number of ether oxygens (including phenoxy) is 1. The van der Waals surface area contributed by atoms with Crippen molar-refractivity contribution in [3.63, 3.8) is 0 Å². The number of benzene rings is 1. The molecule has 0 aliphatic rings. The first-order chi connectivity index (χ1) is 10.7. The number of amidine groups is 1. The zero-order chi connectivity index (χ0) is 15.9. The van der Waals surface area contributed by atoms with E-state index in [0.717, 1.165) is 23.0 Å². The number of nitrogens with zero attached hydrogens (tertiary/aromatic N) is 2. The van der Waals surface area contributed by atoms with Crippen LogP contribution in [0.1, 0.15) is 16.5 Å². The molecule has 0 saturated carbocycles. The standard InChI is InChI=1S/C17H23N3OS/c1-18-17(16-9-6-10-22-16)19-12-15(20(2)3)13-7-5-8-14(11-13)21-4/h5-11,15H,12H2,1-4H3,(H,18,19)/t15-/m1/s1. The molecule has 2 rings (SSSR count). The minimum absolute atomic E-state index is 0.242. The molecule has 4 nitrogen and oxygen atoms in total. The Bertz CT molecular complexity index is 608. The Hall–Kier alpha value is -1.85. The van der Waals surface area contributed by atoms with Crippen LogP contribution in [-0.2, 0) is 0 Å². The Morgan fingerprint density at radius 3 is 2.73 bits per heavy atom. The molecular formula is C17H23N3OS. The molecule has 0 aliphatic heterocycles. The zero-order valence-corrected chi connectivity index (χ0v) is 14.4. The lowest BCUT2D eigenvalue weighted by atomic mass is 10.1. The zero-order valence-electron chi connectivity index (χ0n) is 13.5. The fourth-order valence-electron chi connectivity index (χ4n) is 2.33. The van der Waals surface area contributed by atoms with Gasteiger partial charge in [-0.2, -0.15) is 0 Å². The van der Waals surface area contributed by atoms with Crippen molar-refractivity contribution in [1.82, 2.24) is 10.2 Å². The van der Waals surface area contributed by atoms with Crippen LogP contribution in [0.15, 0.2) is 46.8 Å². The van der Waals surface area contributed by atoms with Crippen molar-refractivity contribution in [1.29, 1.82) is 0 Å². The number of likely N-dealkylation sites (N-methyl/N-ethyl adjacent to an activating group) is 1. The maximum absolute atomic E-state index is 5.33. The third-order valence-electron chi connectivity index (χ3n) is 3.54. The van der Waals surface area contributed by atoms with Crippen LogP contribution in [0.3, 0.4) is 0 Å². The summed E-state index contributed by atoms with van der Waals surface area (Å²) in [5.74, 6) is 1.82. The summed E-state index contributed by atoms with van der Waals surface area (Å²) in [6.07, 6.45) is 0. The Balaban J connectivity index is 2.12. The quantitative estimate of drug-likeness (QED) is 0.657. The molecule has 5 heteroatoms. The molecule has 0 bridgehead atoms. The highest BCUT2D eigenvalue weighted by molar-refractivity contribution is 7.12. The number of rotatable bonds is 6. The van der Waals surface area contributed by atoms with Crippen molar-refractivity contribution in [2.75, 3.05) is 34.8 Å². The van der Waals surface area contributed by atoms with Gasteiger partial charge in [0.2, 0.25) is 0 Å². The van der Waals surface area contributed by atoms with E-state index in [1.165, 1.54) is 5.56 Å². The minimum atomic E-state index is 0.242. The SMILES string of the molecule is CN=C(NC[C@H](c1cccc(OC)c1)N(C)C)c1cccs1. The molecule has 0 radical (unpaired) electrons. The van der Waals surface area contributed by atoms with E-state index >= 15 is 0 Å². The average Bonchev–Trinajstić information content (AvgIpc) is 3.05. The predicted molar refractivity (Wildman–Crippen MR) is 94.2 cm³/mol.